The van der Waals surface area contributed by atoms with E-state index in [1.165, 1.54) is 17.4 Å². The maximum absolute atomic E-state index is 14.4. The molecule has 4 aromatic rings. The first-order valence-electron chi connectivity index (χ1n) is 9.20. The lowest BCUT2D eigenvalue weighted by Gasteiger charge is -2.27. The lowest BCUT2D eigenvalue weighted by atomic mass is 9.98. The van der Waals surface area contributed by atoms with E-state index in [2.05, 4.69) is 32.0 Å². The Labute approximate surface area is 163 Å². The quantitative estimate of drug-likeness (QED) is 0.562. The third-order valence-electron chi connectivity index (χ3n) is 5.30. The van der Waals surface area contributed by atoms with Crippen LogP contribution in [0.3, 0.4) is 0 Å². The topological polar surface area (TPSA) is 79.7 Å². The number of nitrogens with one attached hydrogen (secondary N) is 1. The predicted molar refractivity (Wildman–Crippen MR) is 107 cm³/mol. The number of piperidine rings is 1. The summed E-state index contributed by atoms with van der Waals surface area (Å²) in [6, 6.07) is 3.15. The molecule has 4 heterocycles. The summed E-state index contributed by atoms with van der Waals surface area (Å²) in [7, 11) is 3.86. The summed E-state index contributed by atoms with van der Waals surface area (Å²) in [4.78, 5) is 27.4. The third-order valence-corrected chi connectivity index (χ3v) is 6.42. The second-order valence-electron chi connectivity index (χ2n) is 7.40. The van der Waals surface area contributed by atoms with Crippen LogP contribution in [0.5, 0.6) is 0 Å². The van der Waals surface area contributed by atoms with Crippen molar-refractivity contribution in [2.45, 2.75) is 18.8 Å². The molecule has 0 saturated carbocycles. The molecule has 1 N–H and O–H groups in total. The van der Waals surface area contributed by atoms with E-state index in [1.807, 2.05) is 0 Å². The fourth-order valence-corrected chi connectivity index (χ4v) is 4.87. The molecule has 7 nitrogen and oxygen atoms in total. The summed E-state index contributed by atoms with van der Waals surface area (Å²) in [6.45, 7) is 2.06. The monoisotopic (exact) mass is 398 g/mol. The molecule has 0 bridgehead atoms. The minimum atomic E-state index is -0.438. The molecule has 0 aliphatic carbocycles. The lowest BCUT2D eigenvalue weighted by Crippen LogP contribution is -2.29. The van der Waals surface area contributed by atoms with E-state index < -0.39 is 5.82 Å². The van der Waals surface area contributed by atoms with Gasteiger partial charge in [-0.3, -0.25) is 9.48 Å². The van der Waals surface area contributed by atoms with Crippen molar-refractivity contribution < 1.29 is 4.39 Å². The summed E-state index contributed by atoms with van der Waals surface area (Å²) < 4.78 is 16.0. The summed E-state index contributed by atoms with van der Waals surface area (Å²) >= 11 is 1.47. The van der Waals surface area contributed by atoms with Crippen LogP contribution in [0.15, 0.2) is 23.1 Å². The highest BCUT2D eigenvalue weighted by atomic mass is 32.1. The first-order valence-corrected chi connectivity index (χ1v) is 10.0. The number of nitrogens with zero attached hydrogens (tertiary/aromatic N) is 5. The van der Waals surface area contributed by atoms with Crippen molar-refractivity contribution in [1.82, 2.24) is 29.6 Å². The fourth-order valence-electron chi connectivity index (χ4n) is 3.76. The number of hydrogen-bond acceptors (Lipinski definition) is 6. The number of likely N-dealkylation sites (tertiary alicyclic amines) is 1. The molecule has 3 aromatic heterocycles. The second kappa shape index (κ2) is 6.46. The molecule has 144 valence electrons. The number of aryl methyl sites for hydroxylation is 1. The molecular formula is C19H19FN6OS. The van der Waals surface area contributed by atoms with Gasteiger partial charge in [-0.1, -0.05) is 11.3 Å². The summed E-state index contributed by atoms with van der Waals surface area (Å²) in [5, 5.41) is 5.74. The molecule has 1 aliphatic rings. The number of rotatable bonds is 2. The van der Waals surface area contributed by atoms with Gasteiger partial charge in [0, 0.05) is 30.1 Å². The Kier molecular flexibility index (Phi) is 4.02. The highest BCUT2D eigenvalue weighted by Crippen LogP contribution is 2.33. The zero-order valence-corrected chi connectivity index (χ0v) is 16.4. The van der Waals surface area contributed by atoms with Gasteiger partial charge in [0.25, 0.3) is 5.56 Å². The average Bonchev–Trinajstić information content (AvgIpc) is 3.26. The van der Waals surface area contributed by atoms with E-state index >= 15 is 0 Å². The van der Waals surface area contributed by atoms with Crippen LogP contribution in [0, 0.1) is 5.82 Å². The molecule has 1 fully saturated rings. The van der Waals surface area contributed by atoms with E-state index in [9.17, 15) is 9.18 Å². The van der Waals surface area contributed by atoms with Crippen LogP contribution in [0.4, 0.5) is 4.39 Å². The van der Waals surface area contributed by atoms with Crippen LogP contribution in [0.2, 0.25) is 0 Å². The molecule has 5 rings (SSSR count). The molecule has 0 spiro atoms. The van der Waals surface area contributed by atoms with Crippen LogP contribution in [0.25, 0.3) is 32.6 Å². The van der Waals surface area contributed by atoms with Gasteiger partial charge in [0.2, 0.25) is 0 Å². The Hall–Kier alpha value is -2.65. The van der Waals surface area contributed by atoms with Gasteiger partial charge in [-0.15, -0.1) is 0 Å². The van der Waals surface area contributed by atoms with Gasteiger partial charge in [-0.25, -0.2) is 14.4 Å². The first-order chi connectivity index (χ1) is 13.5. The first kappa shape index (κ1) is 17.4. The van der Waals surface area contributed by atoms with Gasteiger partial charge in [-0.05, 0) is 45.1 Å². The minimum absolute atomic E-state index is 0.290. The fraction of sp³-hybridized carbons (Fsp3) is 0.368. The van der Waals surface area contributed by atoms with Crippen LogP contribution >= 0.6 is 11.3 Å². The van der Waals surface area contributed by atoms with Gasteiger partial charge in [0.05, 0.1) is 5.01 Å². The molecule has 0 unspecified atom stereocenters. The van der Waals surface area contributed by atoms with Gasteiger partial charge < -0.3 is 9.88 Å². The Balaban J connectivity index is 1.58. The second-order valence-corrected chi connectivity index (χ2v) is 8.41. The maximum Gasteiger partial charge on any atom is 0.278 e. The number of thiazole rings is 1. The summed E-state index contributed by atoms with van der Waals surface area (Å²) in [5.74, 6) is 0.273. The van der Waals surface area contributed by atoms with Crippen LogP contribution < -0.4 is 5.56 Å². The van der Waals surface area contributed by atoms with Crippen LogP contribution in [0.1, 0.15) is 23.8 Å². The molecule has 28 heavy (non-hydrogen) atoms. The number of H-pyrrole nitrogens is 1. The van der Waals surface area contributed by atoms with Crippen molar-refractivity contribution in [3.63, 3.8) is 0 Å². The van der Waals surface area contributed by atoms with Crippen molar-refractivity contribution in [2.24, 2.45) is 7.05 Å². The van der Waals surface area contributed by atoms with E-state index in [0.29, 0.717) is 38.6 Å². The number of aromatic nitrogens is 5. The molecule has 0 atom stereocenters. The Morgan fingerprint density at radius 1 is 1.18 bits per heavy atom. The molecular weight excluding hydrogens is 379 g/mol. The zero-order valence-electron chi connectivity index (χ0n) is 15.6. The molecule has 0 amide bonds. The van der Waals surface area contributed by atoms with Crippen molar-refractivity contribution in [1.29, 1.82) is 0 Å². The standard InChI is InChI=1S/C19H19FN6OS/c1-25-5-3-10(4-6-25)18-21-15-17(27)22-16(23-19(15)28-18)11-7-12-9-26(2)24-14(12)13(20)8-11/h7-10H,3-6H2,1-2H3,(H,22,23,27). The van der Waals surface area contributed by atoms with Crippen LogP contribution in [-0.2, 0) is 7.05 Å². The van der Waals surface area contributed by atoms with E-state index in [0.717, 1.165) is 30.9 Å². The predicted octanol–water partition coefficient (Wildman–Crippen LogP) is 2.88. The van der Waals surface area contributed by atoms with Gasteiger partial charge >= 0.3 is 0 Å². The lowest BCUT2D eigenvalue weighted by molar-refractivity contribution is 0.255. The Morgan fingerprint density at radius 3 is 2.75 bits per heavy atom. The molecule has 1 aliphatic heterocycles. The van der Waals surface area contributed by atoms with Gasteiger partial charge in [0.1, 0.15) is 11.3 Å². The van der Waals surface area contributed by atoms with Crippen LogP contribution in [-0.4, -0.2) is 49.8 Å². The Bertz CT molecular complexity index is 1250. The molecule has 1 saturated heterocycles. The van der Waals surface area contributed by atoms with Crippen molar-refractivity contribution in [3.05, 3.63) is 39.5 Å². The number of benzene rings is 1. The molecule has 9 heteroatoms. The smallest absolute Gasteiger partial charge is 0.278 e. The number of hydrogen-bond donors (Lipinski definition) is 1. The highest BCUT2D eigenvalue weighted by Gasteiger charge is 2.23. The minimum Gasteiger partial charge on any atom is -0.306 e. The van der Waals surface area contributed by atoms with E-state index in [1.54, 1.807) is 24.0 Å². The van der Waals surface area contributed by atoms with Crippen molar-refractivity contribution >= 4 is 32.6 Å². The number of aromatic amines is 1. The average molecular weight is 398 g/mol. The molecule has 1 aromatic carbocycles. The summed E-state index contributed by atoms with van der Waals surface area (Å²) in [5.41, 5.74) is 0.899. The maximum atomic E-state index is 14.4. The van der Waals surface area contributed by atoms with Crippen molar-refractivity contribution in [2.75, 3.05) is 20.1 Å². The van der Waals surface area contributed by atoms with Crippen molar-refractivity contribution in [3.8, 4) is 11.4 Å². The normalized spacial score (nSPS) is 16.4. The number of fused-ring (bicyclic) bond motifs is 2. The van der Waals surface area contributed by atoms with Gasteiger partial charge in [-0.2, -0.15) is 5.10 Å². The zero-order chi connectivity index (χ0) is 19.4. The Morgan fingerprint density at radius 2 is 1.96 bits per heavy atom. The summed E-state index contributed by atoms with van der Waals surface area (Å²) in [6.07, 6.45) is 3.80. The third kappa shape index (κ3) is 2.91. The van der Waals surface area contributed by atoms with E-state index in [4.69, 9.17) is 0 Å². The highest BCUT2D eigenvalue weighted by molar-refractivity contribution is 7.18. The number of halogens is 1. The molecule has 0 radical (unpaired) electrons. The largest absolute Gasteiger partial charge is 0.306 e. The SMILES string of the molecule is CN1CCC(c2nc3c(=O)[nH]c(-c4cc(F)c5nn(C)cc5c4)nc3s2)CC1. The van der Waals surface area contributed by atoms with Gasteiger partial charge in [0.15, 0.2) is 16.2 Å². The van der Waals surface area contributed by atoms with E-state index in [-0.39, 0.29) is 5.56 Å².